The van der Waals surface area contributed by atoms with Gasteiger partial charge >= 0.3 is 5.97 Å². The van der Waals surface area contributed by atoms with E-state index in [0.29, 0.717) is 34.8 Å². The number of carbonyl (C=O) groups excluding carboxylic acids is 1. The highest BCUT2D eigenvalue weighted by molar-refractivity contribution is 7.80. The van der Waals surface area contributed by atoms with Crippen LogP contribution in [0, 0.1) is 0 Å². The second-order valence-electron chi connectivity index (χ2n) is 8.20. The van der Waals surface area contributed by atoms with Gasteiger partial charge in [0.05, 0.1) is 25.5 Å². The van der Waals surface area contributed by atoms with Crippen LogP contribution in [0.15, 0.2) is 47.6 Å². The fourth-order valence-corrected chi connectivity index (χ4v) is 3.88. The first kappa shape index (κ1) is 25.5. The zero-order chi connectivity index (χ0) is 24.2. The number of hydrogen-bond acceptors (Lipinski definition) is 6. The molecule has 0 aliphatic heterocycles. The van der Waals surface area contributed by atoms with E-state index in [1.807, 2.05) is 0 Å². The number of rotatable bonds is 10. The van der Waals surface area contributed by atoms with Gasteiger partial charge in [-0.2, -0.15) is 5.10 Å². The Labute approximate surface area is 206 Å². The number of methoxy groups -OCH3 is 1. The maximum absolute atomic E-state index is 12.6. The lowest BCUT2D eigenvalue weighted by Crippen LogP contribution is -2.40. The van der Waals surface area contributed by atoms with Gasteiger partial charge in [0.15, 0.2) is 16.6 Å². The van der Waals surface area contributed by atoms with Crippen molar-refractivity contribution >= 4 is 29.5 Å². The molecule has 8 heteroatoms. The van der Waals surface area contributed by atoms with Crippen molar-refractivity contribution in [2.45, 2.75) is 57.9 Å². The van der Waals surface area contributed by atoms with E-state index in [-0.39, 0.29) is 0 Å². The van der Waals surface area contributed by atoms with Crippen molar-refractivity contribution in [3.63, 3.8) is 0 Å². The maximum atomic E-state index is 12.6. The first-order valence-corrected chi connectivity index (χ1v) is 12.2. The number of ether oxygens (including phenoxy) is 3. The molecule has 2 aromatic rings. The van der Waals surface area contributed by atoms with E-state index in [4.69, 9.17) is 26.4 Å². The molecule has 0 spiro atoms. The van der Waals surface area contributed by atoms with E-state index in [1.54, 1.807) is 48.7 Å². The second-order valence-corrected chi connectivity index (χ2v) is 8.61. The van der Waals surface area contributed by atoms with Gasteiger partial charge in [0.1, 0.15) is 5.75 Å². The molecule has 3 rings (SSSR count). The highest BCUT2D eigenvalue weighted by Crippen LogP contribution is 2.28. The number of benzene rings is 2. The van der Waals surface area contributed by atoms with Crippen LogP contribution in [0.25, 0.3) is 0 Å². The number of nitrogens with zero attached hydrogens (tertiary/aromatic N) is 1. The lowest BCUT2D eigenvalue weighted by molar-refractivity contribution is 0.0729. The molecule has 0 amide bonds. The number of hydrazone groups is 1. The molecule has 0 radical (unpaired) electrons. The second kappa shape index (κ2) is 13.5. The Kier molecular flexibility index (Phi) is 10.2. The Morgan fingerprint density at radius 1 is 1.12 bits per heavy atom. The molecule has 1 fully saturated rings. The number of hydrogen-bond donors (Lipinski definition) is 2. The minimum absolute atomic E-state index is 0.329. The first-order valence-electron chi connectivity index (χ1n) is 11.8. The molecule has 182 valence electrons. The van der Waals surface area contributed by atoms with Gasteiger partial charge in [0.25, 0.3) is 0 Å². The molecule has 2 N–H and O–H groups in total. The van der Waals surface area contributed by atoms with Crippen molar-refractivity contribution in [3.8, 4) is 17.2 Å². The van der Waals surface area contributed by atoms with Crippen molar-refractivity contribution in [1.82, 2.24) is 10.7 Å². The van der Waals surface area contributed by atoms with Gasteiger partial charge in [-0.3, -0.25) is 5.43 Å². The Hall–Kier alpha value is -3.13. The van der Waals surface area contributed by atoms with Crippen molar-refractivity contribution in [3.05, 3.63) is 53.6 Å². The lowest BCUT2D eigenvalue weighted by Gasteiger charge is -2.23. The molecule has 1 aliphatic rings. The van der Waals surface area contributed by atoms with Crippen LogP contribution in [-0.2, 0) is 0 Å². The van der Waals surface area contributed by atoms with Gasteiger partial charge < -0.3 is 19.5 Å². The molecular formula is C26H33N3O4S. The smallest absolute Gasteiger partial charge is 0.343 e. The third-order valence-corrected chi connectivity index (χ3v) is 5.78. The van der Waals surface area contributed by atoms with Gasteiger partial charge in [-0.25, -0.2) is 4.79 Å². The van der Waals surface area contributed by atoms with Crippen LogP contribution in [0.1, 0.15) is 67.8 Å². The highest BCUT2D eigenvalue weighted by Gasteiger charge is 2.14. The van der Waals surface area contributed by atoms with Crippen LogP contribution >= 0.6 is 12.2 Å². The molecule has 2 aromatic carbocycles. The van der Waals surface area contributed by atoms with Gasteiger partial charge in [-0.1, -0.05) is 32.6 Å². The van der Waals surface area contributed by atoms with Gasteiger partial charge in [-0.05, 0) is 79.5 Å². The third kappa shape index (κ3) is 8.02. The molecule has 34 heavy (non-hydrogen) atoms. The van der Waals surface area contributed by atoms with Gasteiger partial charge in [0.2, 0.25) is 0 Å². The molecule has 7 nitrogen and oxygen atoms in total. The summed E-state index contributed by atoms with van der Waals surface area (Å²) in [7, 11) is 1.53. The summed E-state index contributed by atoms with van der Waals surface area (Å²) in [5.41, 5.74) is 4.06. The van der Waals surface area contributed by atoms with E-state index in [9.17, 15) is 4.79 Å². The summed E-state index contributed by atoms with van der Waals surface area (Å²) in [6.45, 7) is 2.77. The van der Waals surface area contributed by atoms with Crippen LogP contribution in [-0.4, -0.2) is 37.1 Å². The molecule has 0 atom stereocenters. The Morgan fingerprint density at radius 2 is 1.88 bits per heavy atom. The van der Waals surface area contributed by atoms with E-state index in [0.717, 1.165) is 37.0 Å². The van der Waals surface area contributed by atoms with Crippen molar-refractivity contribution in [2.24, 2.45) is 5.10 Å². The predicted molar refractivity (Wildman–Crippen MR) is 138 cm³/mol. The van der Waals surface area contributed by atoms with Crippen LogP contribution in [0.2, 0.25) is 0 Å². The molecular weight excluding hydrogens is 450 g/mol. The quantitative estimate of drug-likeness (QED) is 0.120. The molecule has 0 heterocycles. The zero-order valence-corrected chi connectivity index (χ0v) is 20.7. The summed E-state index contributed by atoms with van der Waals surface area (Å²) in [4.78, 5) is 12.6. The van der Waals surface area contributed by atoms with E-state index in [1.165, 1.54) is 26.4 Å². The normalized spacial score (nSPS) is 13.9. The van der Waals surface area contributed by atoms with Crippen molar-refractivity contribution in [2.75, 3.05) is 13.7 Å². The van der Waals surface area contributed by atoms with Gasteiger partial charge in [0, 0.05) is 6.04 Å². The molecule has 0 unspecified atom stereocenters. The van der Waals surface area contributed by atoms with Crippen LogP contribution < -0.4 is 25.0 Å². The number of esters is 1. The maximum Gasteiger partial charge on any atom is 0.343 e. The Bertz CT molecular complexity index is 973. The molecule has 0 bridgehead atoms. The fraction of sp³-hybridized carbons (Fsp3) is 0.423. The molecule has 0 aromatic heterocycles. The fourth-order valence-electron chi connectivity index (χ4n) is 3.66. The minimum atomic E-state index is -0.472. The number of carbonyl (C=O) groups is 1. The summed E-state index contributed by atoms with van der Waals surface area (Å²) in [6.07, 6.45) is 9.74. The third-order valence-electron chi connectivity index (χ3n) is 5.57. The van der Waals surface area contributed by atoms with E-state index >= 15 is 0 Å². The average molecular weight is 484 g/mol. The summed E-state index contributed by atoms with van der Waals surface area (Å²) >= 11 is 5.32. The van der Waals surface area contributed by atoms with Crippen LogP contribution in [0.3, 0.4) is 0 Å². The molecule has 0 saturated heterocycles. The molecule has 1 saturated carbocycles. The standard InChI is InChI=1S/C26H33N3O4S/c1-3-4-16-32-22-13-11-20(12-14-22)25(30)33-23-15-10-19(17-24(23)31-2)18-27-29-26(34)28-21-8-6-5-7-9-21/h10-15,17-18,21H,3-9,16H2,1-2H3,(H2,28,29,34)/b27-18-. The SMILES string of the molecule is CCCCOc1ccc(C(=O)Oc2ccc(/C=N\NC(=S)NC3CCCCC3)cc2OC)cc1. The summed E-state index contributed by atoms with van der Waals surface area (Å²) in [6, 6.07) is 12.5. The average Bonchev–Trinajstić information content (AvgIpc) is 2.86. The highest BCUT2D eigenvalue weighted by atomic mass is 32.1. The van der Waals surface area contributed by atoms with Crippen LogP contribution in [0.5, 0.6) is 17.2 Å². The number of nitrogens with one attached hydrogen (secondary N) is 2. The van der Waals surface area contributed by atoms with E-state index < -0.39 is 5.97 Å². The monoisotopic (exact) mass is 483 g/mol. The first-order chi connectivity index (χ1) is 16.6. The van der Waals surface area contributed by atoms with Crippen LogP contribution in [0.4, 0.5) is 0 Å². The topological polar surface area (TPSA) is 81.2 Å². The van der Waals surface area contributed by atoms with Crippen molar-refractivity contribution in [1.29, 1.82) is 0 Å². The summed E-state index contributed by atoms with van der Waals surface area (Å²) < 4.78 is 16.6. The Balaban J connectivity index is 1.54. The van der Waals surface area contributed by atoms with E-state index in [2.05, 4.69) is 22.8 Å². The lowest BCUT2D eigenvalue weighted by atomic mass is 9.96. The Morgan fingerprint density at radius 3 is 2.59 bits per heavy atom. The molecule has 1 aliphatic carbocycles. The summed E-state index contributed by atoms with van der Waals surface area (Å²) in [5.74, 6) is 1.02. The minimum Gasteiger partial charge on any atom is -0.494 e. The largest absolute Gasteiger partial charge is 0.494 e. The predicted octanol–water partition coefficient (Wildman–Crippen LogP) is 5.22. The van der Waals surface area contributed by atoms with Gasteiger partial charge in [-0.15, -0.1) is 0 Å². The number of unbranched alkanes of at least 4 members (excludes halogenated alkanes) is 1. The zero-order valence-electron chi connectivity index (χ0n) is 19.8. The summed E-state index contributed by atoms with van der Waals surface area (Å²) in [5, 5.41) is 8.02. The van der Waals surface area contributed by atoms with Crippen molar-refractivity contribution < 1.29 is 19.0 Å². The number of thiocarbonyl (C=S) groups is 1.